The average molecular weight is 497 g/mol. The molecule has 116 valence electrons. The van der Waals surface area contributed by atoms with Crippen LogP contribution in [0.15, 0.2) is 12.5 Å². The molecule has 0 aliphatic carbocycles. The second-order valence-corrected chi connectivity index (χ2v) is 19.7. The third kappa shape index (κ3) is 5.18. The van der Waals surface area contributed by atoms with Gasteiger partial charge in [0, 0.05) is 0 Å². The first kappa shape index (κ1) is 18.8. The van der Waals surface area contributed by atoms with Gasteiger partial charge in [-0.3, -0.25) is 0 Å². The molecule has 0 unspecified atom stereocenters. The van der Waals surface area contributed by atoms with Crippen LogP contribution in [0.1, 0.15) is 59.3 Å². The second kappa shape index (κ2) is 10.5. The zero-order chi connectivity index (χ0) is 14.8. The molecule has 0 aliphatic rings. The number of imidazole rings is 1. The Kier molecular flexibility index (Phi) is 9.83. The number of alkyl halides is 1. The van der Waals surface area contributed by atoms with Gasteiger partial charge in [0.1, 0.15) is 0 Å². The monoisotopic (exact) mass is 498 g/mol. The summed E-state index contributed by atoms with van der Waals surface area (Å²) < 4.78 is 9.83. The molecule has 1 rings (SSSR count). The summed E-state index contributed by atoms with van der Waals surface area (Å²) in [6.45, 7) is 7.02. The molecule has 4 heteroatoms. The van der Waals surface area contributed by atoms with Crippen LogP contribution >= 0.6 is 22.6 Å². The van der Waals surface area contributed by atoms with Gasteiger partial charge in [0.25, 0.3) is 0 Å². The molecule has 0 spiro atoms. The molecule has 0 aromatic carbocycles. The van der Waals surface area contributed by atoms with E-state index in [1.807, 2.05) is 0 Å². The number of unbranched alkanes of at least 4 members (excludes halogenated alkanes) is 3. The quantitative estimate of drug-likeness (QED) is 0.230. The van der Waals surface area contributed by atoms with Crippen molar-refractivity contribution < 1.29 is 0 Å². The van der Waals surface area contributed by atoms with Crippen molar-refractivity contribution >= 4 is 44.7 Å². The van der Waals surface area contributed by atoms with Crippen molar-refractivity contribution in [1.82, 2.24) is 9.55 Å². The second-order valence-electron chi connectivity index (χ2n) is 5.96. The number of nitrogens with zero attached hydrogens (tertiary/aromatic N) is 2. The Morgan fingerprint density at radius 1 is 1.00 bits per heavy atom. The molecule has 0 aliphatic heterocycles. The van der Waals surface area contributed by atoms with Gasteiger partial charge >= 0.3 is 144 Å². The van der Waals surface area contributed by atoms with Crippen molar-refractivity contribution in [2.24, 2.45) is 0 Å². The summed E-state index contributed by atoms with van der Waals surface area (Å²) in [6.07, 6.45) is 12.6. The van der Waals surface area contributed by atoms with E-state index in [1.54, 1.807) is 3.71 Å². The molecule has 1 aromatic heterocycles. The summed E-state index contributed by atoms with van der Waals surface area (Å²) in [5.74, 6) is 0. The number of hydrogen-bond acceptors (Lipinski definition) is 1. The van der Waals surface area contributed by atoms with Gasteiger partial charge in [0.2, 0.25) is 0 Å². The van der Waals surface area contributed by atoms with Crippen molar-refractivity contribution in [2.75, 3.05) is 0 Å². The fourth-order valence-corrected chi connectivity index (χ4v) is 20.9. The summed E-state index contributed by atoms with van der Waals surface area (Å²) in [5, 5.41) is 0. The minimum absolute atomic E-state index is 1.07. The summed E-state index contributed by atoms with van der Waals surface area (Å²) >= 11 is 0.254. The fourth-order valence-electron chi connectivity index (χ4n) is 3.16. The van der Waals surface area contributed by atoms with E-state index in [0.29, 0.717) is 0 Å². The van der Waals surface area contributed by atoms with Crippen LogP contribution in [0.25, 0.3) is 0 Å². The molecule has 1 heterocycles. The Bertz CT molecular complexity index is 343. The van der Waals surface area contributed by atoms with E-state index in [4.69, 9.17) is 0 Å². The number of rotatable bonds is 11. The molecule has 0 amide bonds. The molecule has 0 bridgehead atoms. The predicted molar refractivity (Wildman–Crippen MR) is 101 cm³/mol. The van der Waals surface area contributed by atoms with Gasteiger partial charge in [0.15, 0.2) is 0 Å². The summed E-state index contributed by atoms with van der Waals surface area (Å²) in [6, 6.07) is 0. The molecular weight excluding hydrogens is 466 g/mol. The first-order valence-electron chi connectivity index (χ1n) is 8.30. The van der Waals surface area contributed by atoms with Crippen LogP contribution in [0.3, 0.4) is 0 Å². The summed E-state index contributed by atoms with van der Waals surface area (Å²) in [4.78, 5) is 4.49. The maximum atomic E-state index is 4.49. The molecule has 0 saturated heterocycles. The zero-order valence-corrected chi connectivity index (χ0v) is 18.5. The number of aromatic nitrogens is 2. The Morgan fingerprint density at radius 3 is 1.90 bits per heavy atom. The van der Waals surface area contributed by atoms with Crippen LogP contribution in [0.2, 0.25) is 13.3 Å². The average Bonchev–Trinajstić information content (AvgIpc) is 2.96. The molecule has 1 aromatic rings. The molecule has 0 atom stereocenters. The molecule has 20 heavy (non-hydrogen) atoms. The molecular formula is C16H31IN2Sn. The molecule has 0 N–H and O–H groups in total. The van der Waals surface area contributed by atoms with Gasteiger partial charge in [0.05, 0.1) is 0 Å². The van der Waals surface area contributed by atoms with Crippen LogP contribution in [0.4, 0.5) is 0 Å². The van der Waals surface area contributed by atoms with E-state index < -0.39 is 18.4 Å². The zero-order valence-electron chi connectivity index (χ0n) is 13.5. The first-order valence-corrected chi connectivity index (χ1v) is 17.3. The van der Waals surface area contributed by atoms with E-state index >= 15 is 0 Å². The van der Waals surface area contributed by atoms with Gasteiger partial charge in [-0.1, -0.05) is 0 Å². The molecule has 2 nitrogen and oxygen atoms in total. The maximum absolute atomic E-state index is 4.49. The van der Waals surface area contributed by atoms with Crippen molar-refractivity contribution in [1.29, 1.82) is 0 Å². The summed E-state index contributed by atoms with van der Waals surface area (Å²) in [5.41, 5.74) is 0. The van der Waals surface area contributed by atoms with Crippen molar-refractivity contribution in [3.8, 4) is 0 Å². The van der Waals surface area contributed by atoms with Gasteiger partial charge in [-0.05, 0) is 0 Å². The minimum atomic E-state index is -2.23. The Balaban J connectivity index is 3.04. The number of hydrogen-bond donors (Lipinski definition) is 0. The third-order valence-electron chi connectivity index (χ3n) is 4.41. The molecule has 0 fully saturated rings. The topological polar surface area (TPSA) is 17.8 Å². The van der Waals surface area contributed by atoms with Gasteiger partial charge in [-0.2, -0.15) is 0 Å². The van der Waals surface area contributed by atoms with Gasteiger partial charge in [-0.25, -0.2) is 0 Å². The Labute approximate surface area is 143 Å². The van der Waals surface area contributed by atoms with Crippen LogP contribution in [-0.4, -0.2) is 27.9 Å². The van der Waals surface area contributed by atoms with E-state index in [-0.39, 0.29) is 0 Å². The Hall–Kier alpha value is 0.739. The van der Waals surface area contributed by atoms with E-state index in [1.165, 1.54) is 51.8 Å². The third-order valence-corrected chi connectivity index (χ3v) is 20.7. The van der Waals surface area contributed by atoms with Crippen molar-refractivity contribution in [3.63, 3.8) is 0 Å². The van der Waals surface area contributed by atoms with Crippen LogP contribution in [0.5, 0.6) is 0 Å². The van der Waals surface area contributed by atoms with Crippen molar-refractivity contribution in [3.05, 3.63) is 12.5 Å². The fraction of sp³-hybridized carbons (Fsp3) is 0.812. The van der Waals surface area contributed by atoms with Crippen LogP contribution in [0, 0.1) is 0 Å². The van der Waals surface area contributed by atoms with Gasteiger partial charge < -0.3 is 0 Å². The Morgan fingerprint density at radius 2 is 1.50 bits per heavy atom. The SMILES string of the molecule is CCC[CH2][Sn]([CH2]CCC)([CH2]CCC)[c]1cncn1CI. The number of halogens is 1. The van der Waals surface area contributed by atoms with E-state index in [9.17, 15) is 0 Å². The van der Waals surface area contributed by atoms with E-state index in [2.05, 4.69) is 65.4 Å². The standard InChI is InChI=1S/C4H4IN2.3C4H9.Sn/c5-3-7-2-1-6-4-7;3*1-3-4-2;/h1,4H,3H2;3*1,3-4H2,2H3;. The normalized spacial score (nSPS) is 12.0. The first-order chi connectivity index (χ1) is 9.74. The van der Waals surface area contributed by atoms with Gasteiger partial charge in [-0.15, -0.1) is 0 Å². The molecule has 0 saturated carbocycles. The van der Waals surface area contributed by atoms with Crippen LogP contribution < -0.4 is 3.71 Å². The van der Waals surface area contributed by atoms with E-state index in [0.717, 1.165) is 4.55 Å². The summed E-state index contributed by atoms with van der Waals surface area (Å²) in [7, 11) is 0. The van der Waals surface area contributed by atoms with Crippen LogP contribution in [-0.2, 0) is 4.55 Å². The van der Waals surface area contributed by atoms with Crippen molar-refractivity contribution in [2.45, 2.75) is 77.2 Å². The predicted octanol–water partition coefficient (Wildman–Crippen LogP) is 5.33. The molecule has 0 radical (unpaired) electrons.